The van der Waals surface area contributed by atoms with Crippen LogP contribution in [0.4, 0.5) is 0 Å². The highest BCUT2D eigenvalue weighted by Crippen LogP contribution is 2.29. The molecule has 0 amide bonds. The lowest BCUT2D eigenvalue weighted by atomic mass is 9.82. The topological polar surface area (TPSA) is 0 Å². The molecule has 0 spiro atoms. The highest BCUT2D eigenvalue weighted by molar-refractivity contribution is 5.19. The van der Waals surface area contributed by atoms with Crippen molar-refractivity contribution in [2.45, 2.75) is 46.5 Å². The minimum Gasteiger partial charge on any atom is -0.0958 e. The van der Waals surface area contributed by atoms with Crippen LogP contribution in [0.3, 0.4) is 0 Å². The van der Waals surface area contributed by atoms with Gasteiger partial charge in [0.2, 0.25) is 0 Å². The molecule has 0 saturated heterocycles. The third-order valence-electron chi connectivity index (χ3n) is 3.28. The molecule has 0 aromatic carbocycles. The fourth-order valence-electron chi connectivity index (χ4n) is 2.11. The van der Waals surface area contributed by atoms with E-state index in [1.165, 1.54) is 36.8 Å². The maximum absolute atomic E-state index is 4.00. The Hall–Kier alpha value is -0.780. The maximum atomic E-state index is 4.00. The van der Waals surface area contributed by atoms with E-state index in [9.17, 15) is 0 Å². The van der Waals surface area contributed by atoms with E-state index in [-0.39, 0.29) is 0 Å². The van der Waals surface area contributed by atoms with E-state index in [1.807, 2.05) is 0 Å². The van der Waals surface area contributed by atoms with Gasteiger partial charge in [0, 0.05) is 0 Å². The Kier molecular flexibility index (Phi) is 4.87. The second kappa shape index (κ2) is 5.95. The predicted octanol–water partition coefficient (Wildman–Crippen LogP) is 4.89. The van der Waals surface area contributed by atoms with Gasteiger partial charge in [-0.15, -0.1) is 0 Å². The first-order valence-electron chi connectivity index (χ1n) is 6.09. The van der Waals surface area contributed by atoms with Crippen LogP contribution in [-0.2, 0) is 0 Å². The number of hydrogen-bond acceptors (Lipinski definition) is 0. The molecule has 1 rings (SSSR count). The van der Waals surface area contributed by atoms with Crippen LogP contribution in [-0.4, -0.2) is 0 Å². The number of rotatable bonds is 4. The molecule has 0 nitrogen and oxygen atoms in total. The zero-order valence-electron chi connectivity index (χ0n) is 10.4. The highest BCUT2D eigenvalue weighted by atomic mass is 14.2. The molecule has 15 heavy (non-hydrogen) atoms. The van der Waals surface area contributed by atoms with E-state index in [0.29, 0.717) is 0 Å². The Labute approximate surface area is 94.8 Å². The molecule has 1 aliphatic rings. The summed E-state index contributed by atoms with van der Waals surface area (Å²) in [6, 6.07) is 0. The Balaban J connectivity index is 2.34. The van der Waals surface area contributed by atoms with Crippen LogP contribution in [0.1, 0.15) is 46.5 Å². The van der Waals surface area contributed by atoms with E-state index in [1.54, 1.807) is 0 Å². The second-order valence-corrected chi connectivity index (χ2v) is 5.06. The highest BCUT2D eigenvalue weighted by Gasteiger charge is 2.16. The van der Waals surface area contributed by atoms with Crippen molar-refractivity contribution in [3.63, 3.8) is 0 Å². The smallest absolute Gasteiger partial charge is 0.0201 e. The van der Waals surface area contributed by atoms with Gasteiger partial charge in [-0.2, -0.15) is 0 Å². The molecular formula is C15H24. The SMILES string of the molecule is C=C1C=C[C@@H]([C@@H](C)CCC=C(C)C)CC1. The normalized spacial score (nSPS) is 22.6. The molecule has 0 saturated carbocycles. The molecule has 0 aromatic rings. The van der Waals surface area contributed by atoms with Crippen molar-refractivity contribution in [1.29, 1.82) is 0 Å². The molecular weight excluding hydrogens is 180 g/mol. The van der Waals surface area contributed by atoms with Gasteiger partial charge in [-0.05, 0) is 51.4 Å². The largest absolute Gasteiger partial charge is 0.0958 e. The third-order valence-corrected chi connectivity index (χ3v) is 3.28. The molecule has 0 bridgehead atoms. The van der Waals surface area contributed by atoms with Crippen molar-refractivity contribution in [3.8, 4) is 0 Å². The predicted molar refractivity (Wildman–Crippen MR) is 68.8 cm³/mol. The summed E-state index contributed by atoms with van der Waals surface area (Å²) >= 11 is 0. The van der Waals surface area contributed by atoms with Crippen molar-refractivity contribution in [1.82, 2.24) is 0 Å². The lowest BCUT2D eigenvalue weighted by Crippen LogP contribution is -2.12. The summed E-state index contributed by atoms with van der Waals surface area (Å²) in [5.41, 5.74) is 2.73. The molecule has 84 valence electrons. The van der Waals surface area contributed by atoms with Crippen LogP contribution < -0.4 is 0 Å². The molecule has 0 fully saturated rings. The van der Waals surface area contributed by atoms with Gasteiger partial charge in [0.1, 0.15) is 0 Å². The standard InChI is InChI=1S/C15H24/c1-12(2)6-5-7-14(4)15-10-8-13(3)9-11-15/h6,8,10,14-15H,3,5,7,9,11H2,1-2,4H3/t14-,15+/m0/s1. The minimum atomic E-state index is 0.779. The van der Waals surface area contributed by atoms with Crippen LogP contribution in [0.15, 0.2) is 36.0 Å². The van der Waals surface area contributed by atoms with E-state index >= 15 is 0 Å². The fraction of sp³-hybridized carbons (Fsp3) is 0.600. The molecule has 0 unspecified atom stereocenters. The van der Waals surface area contributed by atoms with E-state index < -0.39 is 0 Å². The average Bonchev–Trinajstić information content (AvgIpc) is 2.18. The summed E-state index contributed by atoms with van der Waals surface area (Å²) < 4.78 is 0. The molecule has 0 N–H and O–H groups in total. The van der Waals surface area contributed by atoms with Crippen molar-refractivity contribution in [2.75, 3.05) is 0 Å². The minimum absolute atomic E-state index is 0.779. The Morgan fingerprint density at radius 3 is 2.87 bits per heavy atom. The Morgan fingerprint density at radius 1 is 1.60 bits per heavy atom. The number of hydrogen-bond donors (Lipinski definition) is 0. The van der Waals surface area contributed by atoms with E-state index in [2.05, 4.69) is 45.6 Å². The maximum Gasteiger partial charge on any atom is -0.0201 e. The summed E-state index contributed by atoms with van der Waals surface area (Å²) in [4.78, 5) is 0. The van der Waals surface area contributed by atoms with Gasteiger partial charge < -0.3 is 0 Å². The molecule has 0 aromatic heterocycles. The summed E-state index contributed by atoms with van der Waals surface area (Å²) in [7, 11) is 0. The van der Waals surface area contributed by atoms with Gasteiger partial charge in [-0.1, -0.05) is 42.9 Å². The number of allylic oxidation sites excluding steroid dienone is 5. The summed E-state index contributed by atoms with van der Waals surface area (Å²) in [5, 5.41) is 0. The fourth-order valence-corrected chi connectivity index (χ4v) is 2.11. The van der Waals surface area contributed by atoms with Crippen molar-refractivity contribution in [2.24, 2.45) is 11.8 Å². The van der Waals surface area contributed by atoms with E-state index in [4.69, 9.17) is 0 Å². The zero-order chi connectivity index (χ0) is 11.3. The molecule has 0 heteroatoms. The van der Waals surface area contributed by atoms with Gasteiger partial charge in [-0.25, -0.2) is 0 Å². The Bertz CT molecular complexity index is 264. The lowest BCUT2D eigenvalue weighted by molar-refractivity contribution is 0.377. The quantitative estimate of drug-likeness (QED) is 0.572. The molecule has 0 radical (unpaired) electrons. The van der Waals surface area contributed by atoms with Gasteiger partial charge in [0.05, 0.1) is 0 Å². The van der Waals surface area contributed by atoms with Crippen LogP contribution in [0.2, 0.25) is 0 Å². The van der Waals surface area contributed by atoms with E-state index in [0.717, 1.165) is 11.8 Å². The van der Waals surface area contributed by atoms with Crippen LogP contribution in [0.5, 0.6) is 0 Å². The van der Waals surface area contributed by atoms with Gasteiger partial charge in [0.25, 0.3) is 0 Å². The molecule has 2 atom stereocenters. The average molecular weight is 204 g/mol. The monoisotopic (exact) mass is 204 g/mol. The van der Waals surface area contributed by atoms with Crippen molar-refractivity contribution < 1.29 is 0 Å². The molecule has 1 aliphatic carbocycles. The first kappa shape index (κ1) is 12.3. The lowest BCUT2D eigenvalue weighted by Gasteiger charge is -2.23. The summed E-state index contributed by atoms with van der Waals surface area (Å²) in [6.45, 7) is 10.7. The second-order valence-electron chi connectivity index (χ2n) is 5.06. The molecule has 0 heterocycles. The van der Waals surface area contributed by atoms with Gasteiger partial charge in [-0.3, -0.25) is 0 Å². The van der Waals surface area contributed by atoms with Gasteiger partial charge >= 0.3 is 0 Å². The van der Waals surface area contributed by atoms with Crippen LogP contribution in [0, 0.1) is 11.8 Å². The Morgan fingerprint density at radius 2 is 2.33 bits per heavy atom. The first-order valence-corrected chi connectivity index (χ1v) is 6.09. The van der Waals surface area contributed by atoms with Crippen molar-refractivity contribution in [3.05, 3.63) is 36.0 Å². The summed E-state index contributed by atoms with van der Waals surface area (Å²) in [6.07, 6.45) is 12.0. The first-order chi connectivity index (χ1) is 7.09. The third kappa shape index (κ3) is 4.51. The zero-order valence-corrected chi connectivity index (χ0v) is 10.4. The van der Waals surface area contributed by atoms with Crippen LogP contribution in [0.25, 0.3) is 0 Å². The van der Waals surface area contributed by atoms with Gasteiger partial charge in [0.15, 0.2) is 0 Å². The van der Waals surface area contributed by atoms with Crippen molar-refractivity contribution >= 4 is 0 Å². The molecule has 0 aliphatic heterocycles. The van der Waals surface area contributed by atoms with Crippen LogP contribution >= 0.6 is 0 Å². The summed E-state index contributed by atoms with van der Waals surface area (Å²) in [5.74, 6) is 1.59.